The summed E-state index contributed by atoms with van der Waals surface area (Å²) in [5.74, 6) is 2.53. The monoisotopic (exact) mass is 208 g/mol. The zero-order chi connectivity index (χ0) is 11.7. The van der Waals surface area contributed by atoms with Crippen molar-refractivity contribution in [2.24, 2.45) is 0 Å². The molecule has 0 spiro atoms. The third-order valence-electron chi connectivity index (χ3n) is 1.12. The van der Waals surface area contributed by atoms with Gasteiger partial charge in [0, 0.05) is 5.56 Å². The van der Waals surface area contributed by atoms with Crippen LogP contribution in [-0.4, -0.2) is 22.5 Å². The summed E-state index contributed by atoms with van der Waals surface area (Å²) < 4.78 is 3.08. The molecule has 1 aromatic carbocycles. The molecule has 0 aromatic heterocycles. The minimum atomic E-state index is -1.81. The molecule has 5 nitrogen and oxygen atoms in total. The lowest BCUT2D eigenvalue weighted by Gasteiger charge is -1.84. The van der Waals surface area contributed by atoms with E-state index < -0.39 is 12.3 Å². The summed E-state index contributed by atoms with van der Waals surface area (Å²) in [4.78, 5) is 18.4. The van der Waals surface area contributed by atoms with E-state index in [1.807, 2.05) is 30.3 Å². The third-order valence-corrected chi connectivity index (χ3v) is 1.12. The highest BCUT2D eigenvalue weighted by Gasteiger charge is 2.01. The second kappa shape index (κ2) is 6.97. The van der Waals surface area contributed by atoms with Gasteiger partial charge in [-0.3, -0.25) is 0 Å². The summed E-state index contributed by atoms with van der Waals surface area (Å²) in [5.41, 5.74) is 0.938. The first kappa shape index (κ1) is 12.5. The molecule has 0 saturated carbocycles. The van der Waals surface area contributed by atoms with Crippen molar-refractivity contribution in [2.75, 3.05) is 0 Å². The van der Waals surface area contributed by atoms with Gasteiger partial charge in [0.15, 0.2) is 0 Å². The average molecular weight is 208 g/mol. The summed E-state index contributed by atoms with van der Waals surface area (Å²) in [6.45, 7) is 0. The van der Waals surface area contributed by atoms with Gasteiger partial charge in [-0.25, -0.2) is 9.59 Å². The standard InChI is InChI=1S/C8H6.C2H2O5/c1-2-8-6-4-3-5-7-8;3-1(4)7-2(5)6/h1,3-7H;(H,3,4)(H,5,6). The number of carbonyl (C=O) groups is 2. The maximum absolute atomic E-state index is 9.21. The third kappa shape index (κ3) is 7.87. The summed E-state index contributed by atoms with van der Waals surface area (Å²) >= 11 is 0. The summed E-state index contributed by atoms with van der Waals surface area (Å²) in [6.07, 6.45) is 1.47. The maximum Gasteiger partial charge on any atom is 0.516 e. The topological polar surface area (TPSA) is 83.8 Å². The highest BCUT2D eigenvalue weighted by atomic mass is 16.7. The van der Waals surface area contributed by atoms with Crippen LogP contribution < -0.4 is 0 Å². The molecule has 0 radical (unpaired) electrons. The van der Waals surface area contributed by atoms with Crippen LogP contribution in [0, 0.1) is 12.3 Å². The Balaban J connectivity index is 0.000000265. The van der Waals surface area contributed by atoms with Gasteiger partial charge in [0.2, 0.25) is 0 Å². The van der Waals surface area contributed by atoms with E-state index in [0.717, 1.165) is 5.56 Å². The van der Waals surface area contributed by atoms with Gasteiger partial charge < -0.3 is 14.9 Å². The van der Waals surface area contributed by atoms with Gasteiger partial charge in [-0.1, -0.05) is 24.1 Å². The van der Waals surface area contributed by atoms with Crippen molar-refractivity contribution in [3.8, 4) is 12.3 Å². The van der Waals surface area contributed by atoms with E-state index in [9.17, 15) is 9.59 Å². The van der Waals surface area contributed by atoms with E-state index in [4.69, 9.17) is 16.6 Å². The Hall–Kier alpha value is -2.48. The second-order valence-corrected chi connectivity index (χ2v) is 2.14. The molecule has 0 aliphatic heterocycles. The van der Waals surface area contributed by atoms with Crippen LogP contribution in [-0.2, 0) is 4.74 Å². The molecule has 15 heavy (non-hydrogen) atoms. The van der Waals surface area contributed by atoms with Crippen LogP contribution in [0.15, 0.2) is 30.3 Å². The van der Waals surface area contributed by atoms with E-state index in [2.05, 4.69) is 10.7 Å². The lowest BCUT2D eigenvalue weighted by atomic mass is 10.2. The molecule has 0 aliphatic rings. The number of carboxylic acid groups (broad SMARTS) is 2. The second-order valence-electron chi connectivity index (χ2n) is 2.14. The number of benzene rings is 1. The fraction of sp³-hybridized carbons (Fsp3) is 0. The molecule has 0 bridgehead atoms. The predicted molar refractivity (Wildman–Crippen MR) is 51.5 cm³/mol. The molecule has 5 heteroatoms. The van der Waals surface area contributed by atoms with Crippen LogP contribution in [0.25, 0.3) is 0 Å². The molecule has 0 atom stereocenters. The minimum Gasteiger partial charge on any atom is -0.449 e. The molecule has 0 heterocycles. The Morgan fingerprint density at radius 1 is 1.13 bits per heavy atom. The van der Waals surface area contributed by atoms with Gasteiger partial charge in [0.05, 0.1) is 0 Å². The lowest BCUT2D eigenvalue weighted by molar-refractivity contribution is 0.0802. The predicted octanol–water partition coefficient (Wildman–Crippen LogP) is 2.03. The van der Waals surface area contributed by atoms with Crippen LogP contribution >= 0.6 is 0 Å². The van der Waals surface area contributed by atoms with Gasteiger partial charge in [-0.15, -0.1) is 6.42 Å². The fourth-order valence-electron chi connectivity index (χ4n) is 0.609. The molecule has 0 unspecified atom stereocenters. The minimum absolute atomic E-state index is 0.938. The van der Waals surface area contributed by atoms with Crippen LogP contribution in [0.2, 0.25) is 0 Å². The SMILES string of the molecule is C#Cc1ccccc1.O=C(O)OC(=O)O. The van der Waals surface area contributed by atoms with Crippen molar-refractivity contribution in [1.29, 1.82) is 0 Å². The van der Waals surface area contributed by atoms with E-state index >= 15 is 0 Å². The molecule has 0 fully saturated rings. The quantitative estimate of drug-likeness (QED) is 0.387. The van der Waals surface area contributed by atoms with Crippen molar-refractivity contribution in [2.45, 2.75) is 0 Å². The van der Waals surface area contributed by atoms with E-state index in [0.29, 0.717) is 0 Å². The Morgan fingerprint density at radius 2 is 1.60 bits per heavy atom. The molecule has 0 saturated heterocycles. The molecule has 1 aromatic rings. The maximum atomic E-state index is 9.21. The molecule has 0 aliphatic carbocycles. The van der Waals surface area contributed by atoms with Gasteiger partial charge >= 0.3 is 12.3 Å². The molecular formula is C10H8O5. The molecule has 2 N–H and O–H groups in total. The lowest BCUT2D eigenvalue weighted by Crippen LogP contribution is -2.05. The normalized spacial score (nSPS) is 7.67. The fourth-order valence-corrected chi connectivity index (χ4v) is 0.609. The van der Waals surface area contributed by atoms with Crippen molar-refractivity contribution in [1.82, 2.24) is 0 Å². The summed E-state index contributed by atoms with van der Waals surface area (Å²) in [6, 6.07) is 9.60. The van der Waals surface area contributed by atoms with Crippen molar-refractivity contribution in [3.63, 3.8) is 0 Å². The smallest absolute Gasteiger partial charge is 0.449 e. The van der Waals surface area contributed by atoms with E-state index in [1.54, 1.807) is 0 Å². The highest BCUT2D eigenvalue weighted by molar-refractivity contribution is 5.74. The summed E-state index contributed by atoms with van der Waals surface area (Å²) in [7, 11) is 0. The number of terminal acetylenes is 1. The summed E-state index contributed by atoms with van der Waals surface area (Å²) in [5, 5.41) is 15.0. The zero-order valence-electron chi connectivity index (χ0n) is 7.58. The molecule has 0 amide bonds. The Kier molecular flexibility index (Phi) is 5.82. The van der Waals surface area contributed by atoms with Crippen LogP contribution in [0.1, 0.15) is 5.56 Å². The first-order chi connectivity index (χ1) is 7.06. The van der Waals surface area contributed by atoms with Crippen LogP contribution in [0.4, 0.5) is 9.59 Å². The van der Waals surface area contributed by atoms with Gasteiger partial charge in [0.25, 0.3) is 0 Å². The van der Waals surface area contributed by atoms with Gasteiger partial charge in [-0.2, -0.15) is 0 Å². The highest BCUT2D eigenvalue weighted by Crippen LogP contribution is 1.93. The molecule has 78 valence electrons. The van der Waals surface area contributed by atoms with Crippen molar-refractivity contribution < 1.29 is 24.5 Å². The first-order valence-corrected chi connectivity index (χ1v) is 3.71. The van der Waals surface area contributed by atoms with E-state index in [1.165, 1.54) is 0 Å². The van der Waals surface area contributed by atoms with Crippen LogP contribution in [0.3, 0.4) is 0 Å². The Labute approximate surface area is 85.9 Å². The molecule has 1 rings (SSSR count). The van der Waals surface area contributed by atoms with Gasteiger partial charge in [-0.05, 0) is 12.1 Å². The Morgan fingerprint density at radius 3 is 1.80 bits per heavy atom. The van der Waals surface area contributed by atoms with Gasteiger partial charge in [0.1, 0.15) is 0 Å². The Bertz CT molecular complexity index is 351. The number of ether oxygens (including phenoxy) is 1. The average Bonchev–Trinajstić information content (AvgIpc) is 2.18. The van der Waals surface area contributed by atoms with Crippen molar-refractivity contribution >= 4 is 12.3 Å². The number of hydrogen-bond donors (Lipinski definition) is 2. The van der Waals surface area contributed by atoms with E-state index in [-0.39, 0.29) is 0 Å². The van der Waals surface area contributed by atoms with Crippen LogP contribution in [0.5, 0.6) is 0 Å². The zero-order valence-corrected chi connectivity index (χ0v) is 7.58. The first-order valence-electron chi connectivity index (χ1n) is 3.71. The largest absolute Gasteiger partial charge is 0.516 e. The number of rotatable bonds is 0. The van der Waals surface area contributed by atoms with Crippen molar-refractivity contribution in [3.05, 3.63) is 35.9 Å². The molecular weight excluding hydrogens is 200 g/mol. The number of hydrogen-bond acceptors (Lipinski definition) is 3.